The molecule has 0 spiro atoms. The van der Waals surface area contributed by atoms with Crippen molar-refractivity contribution in [2.45, 2.75) is 27.2 Å². The molecule has 2 aromatic heterocycles. The van der Waals surface area contributed by atoms with Gasteiger partial charge in [-0.2, -0.15) is 5.10 Å². The van der Waals surface area contributed by atoms with Crippen LogP contribution in [-0.2, 0) is 6.42 Å². The normalized spacial score (nSPS) is 11.1. The van der Waals surface area contributed by atoms with E-state index in [2.05, 4.69) is 23.5 Å². The molecule has 0 aliphatic carbocycles. The molecule has 0 saturated heterocycles. The molecule has 0 radical (unpaired) electrons. The maximum atomic E-state index is 11.9. The van der Waals surface area contributed by atoms with Crippen molar-refractivity contribution in [3.8, 4) is 0 Å². The Morgan fingerprint density at radius 2 is 2.21 bits per heavy atom. The lowest BCUT2D eigenvalue weighted by Crippen LogP contribution is -2.17. The average molecular weight is 292 g/mol. The van der Waals surface area contributed by atoms with Crippen molar-refractivity contribution in [2.75, 3.05) is 0 Å². The topological polar surface area (TPSA) is 41.5 Å². The summed E-state index contributed by atoms with van der Waals surface area (Å²) < 4.78 is 0. The number of nitrogens with one attached hydrogen (secondary N) is 1. The zero-order chi connectivity index (χ0) is 13.8. The summed E-state index contributed by atoms with van der Waals surface area (Å²) in [5, 5.41) is 5.88. The molecule has 0 atom stereocenters. The standard InChI is InChI=1S/C14H16N2OS2/c1-4-11-5-6-12(19-11)7-15-16-14(17)13-8-18-10(3)9(13)2/h5-8H,4H2,1-3H3,(H,16,17)/b15-7-. The number of hydrogen-bond donors (Lipinski definition) is 1. The Bertz CT molecular complexity index is 611. The van der Waals surface area contributed by atoms with Crippen LogP contribution >= 0.6 is 22.7 Å². The lowest BCUT2D eigenvalue weighted by atomic mass is 10.2. The van der Waals surface area contributed by atoms with Crippen molar-refractivity contribution in [2.24, 2.45) is 5.10 Å². The van der Waals surface area contributed by atoms with Gasteiger partial charge in [0.1, 0.15) is 0 Å². The van der Waals surface area contributed by atoms with E-state index in [9.17, 15) is 4.79 Å². The molecular weight excluding hydrogens is 276 g/mol. The number of hydrazone groups is 1. The number of nitrogens with zero attached hydrogens (tertiary/aromatic N) is 1. The summed E-state index contributed by atoms with van der Waals surface area (Å²) in [6.45, 7) is 6.09. The highest BCUT2D eigenvalue weighted by Crippen LogP contribution is 2.20. The third-order valence-electron chi connectivity index (χ3n) is 2.92. The lowest BCUT2D eigenvalue weighted by Gasteiger charge is -1.98. The van der Waals surface area contributed by atoms with Gasteiger partial charge in [0, 0.05) is 20.0 Å². The molecule has 0 aliphatic heterocycles. The smallest absolute Gasteiger partial charge is 0.267 e. The molecule has 0 bridgehead atoms. The van der Waals surface area contributed by atoms with Crippen molar-refractivity contribution >= 4 is 34.8 Å². The van der Waals surface area contributed by atoms with Gasteiger partial charge in [0.2, 0.25) is 0 Å². The quantitative estimate of drug-likeness (QED) is 0.676. The Balaban J connectivity index is 1.98. The molecule has 0 unspecified atom stereocenters. The van der Waals surface area contributed by atoms with Crippen LogP contribution in [0, 0.1) is 13.8 Å². The van der Waals surface area contributed by atoms with Crippen LogP contribution in [0.15, 0.2) is 22.6 Å². The van der Waals surface area contributed by atoms with Crippen LogP contribution in [0.1, 0.15) is 37.5 Å². The first kappa shape index (κ1) is 14.0. The van der Waals surface area contributed by atoms with E-state index in [-0.39, 0.29) is 5.91 Å². The SMILES string of the molecule is CCc1ccc(/C=N\NC(=O)c2csc(C)c2C)s1. The van der Waals surface area contributed by atoms with Gasteiger partial charge < -0.3 is 0 Å². The van der Waals surface area contributed by atoms with Crippen molar-refractivity contribution < 1.29 is 4.79 Å². The number of thiophene rings is 2. The molecule has 19 heavy (non-hydrogen) atoms. The molecule has 0 fully saturated rings. The fraction of sp³-hybridized carbons (Fsp3) is 0.286. The second kappa shape index (κ2) is 6.12. The van der Waals surface area contributed by atoms with Crippen LogP contribution in [0.5, 0.6) is 0 Å². The third-order valence-corrected chi connectivity index (χ3v) is 5.10. The van der Waals surface area contributed by atoms with Gasteiger partial charge >= 0.3 is 0 Å². The van der Waals surface area contributed by atoms with E-state index in [1.54, 1.807) is 28.9 Å². The number of amides is 1. The molecule has 0 saturated carbocycles. The van der Waals surface area contributed by atoms with E-state index in [1.807, 2.05) is 25.3 Å². The van der Waals surface area contributed by atoms with E-state index in [0.29, 0.717) is 5.56 Å². The van der Waals surface area contributed by atoms with Crippen LogP contribution in [0.3, 0.4) is 0 Å². The highest BCUT2D eigenvalue weighted by atomic mass is 32.1. The van der Waals surface area contributed by atoms with Gasteiger partial charge in [0.25, 0.3) is 5.91 Å². The largest absolute Gasteiger partial charge is 0.272 e. The third kappa shape index (κ3) is 3.30. The summed E-state index contributed by atoms with van der Waals surface area (Å²) in [6.07, 6.45) is 2.72. The Kier molecular flexibility index (Phi) is 4.50. The van der Waals surface area contributed by atoms with Crippen molar-refractivity contribution in [3.63, 3.8) is 0 Å². The van der Waals surface area contributed by atoms with E-state index < -0.39 is 0 Å². The summed E-state index contributed by atoms with van der Waals surface area (Å²) in [5.41, 5.74) is 4.31. The fourth-order valence-corrected chi connectivity index (χ4v) is 3.30. The first-order valence-corrected chi connectivity index (χ1v) is 7.78. The van der Waals surface area contributed by atoms with Gasteiger partial charge in [-0.25, -0.2) is 5.43 Å². The summed E-state index contributed by atoms with van der Waals surface area (Å²) in [7, 11) is 0. The molecule has 1 amide bonds. The monoisotopic (exact) mass is 292 g/mol. The summed E-state index contributed by atoms with van der Waals surface area (Å²) in [4.78, 5) is 15.5. The van der Waals surface area contributed by atoms with Gasteiger partial charge in [0.15, 0.2) is 0 Å². The zero-order valence-electron chi connectivity index (χ0n) is 11.2. The predicted molar refractivity (Wildman–Crippen MR) is 82.6 cm³/mol. The Morgan fingerprint density at radius 3 is 2.79 bits per heavy atom. The number of hydrogen-bond acceptors (Lipinski definition) is 4. The number of carbonyl (C=O) groups is 1. The Labute approximate surface area is 121 Å². The molecule has 1 N–H and O–H groups in total. The zero-order valence-corrected chi connectivity index (χ0v) is 12.8. The van der Waals surface area contributed by atoms with Crippen LogP contribution in [0.25, 0.3) is 0 Å². The van der Waals surface area contributed by atoms with Gasteiger partial charge in [-0.05, 0) is 38.0 Å². The maximum Gasteiger partial charge on any atom is 0.272 e. The minimum atomic E-state index is -0.148. The fourth-order valence-electron chi connectivity index (χ4n) is 1.61. The van der Waals surface area contributed by atoms with Crippen molar-refractivity contribution in [1.29, 1.82) is 0 Å². The van der Waals surface area contributed by atoms with E-state index in [0.717, 1.165) is 16.9 Å². The second-order valence-corrected chi connectivity index (χ2v) is 6.47. The first-order chi connectivity index (χ1) is 9.11. The molecule has 2 rings (SSSR count). The van der Waals surface area contributed by atoms with Crippen molar-refractivity contribution in [3.05, 3.63) is 43.3 Å². The van der Waals surface area contributed by atoms with Gasteiger partial charge in [0.05, 0.1) is 11.8 Å². The van der Waals surface area contributed by atoms with Crippen LogP contribution in [-0.4, -0.2) is 12.1 Å². The molecule has 2 aromatic rings. The van der Waals surface area contributed by atoms with Gasteiger partial charge in [-0.1, -0.05) is 6.92 Å². The minimum absolute atomic E-state index is 0.148. The highest BCUT2D eigenvalue weighted by Gasteiger charge is 2.11. The van der Waals surface area contributed by atoms with Crippen LogP contribution < -0.4 is 5.43 Å². The first-order valence-electron chi connectivity index (χ1n) is 6.08. The molecule has 3 nitrogen and oxygen atoms in total. The number of rotatable bonds is 4. The molecule has 100 valence electrons. The molecule has 0 aromatic carbocycles. The average Bonchev–Trinajstić information content (AvgIpc) is 2.98. The van der Waals surface area contributed by atoms with Crippen LogP contribution in [0.2, 0.25) is 0 Å². The lowest BCUT2D eigenvalue weighted by molar-refractivity contribution is 0.0955. The van der Waals surface area contributed by atoms with E-state index in [4.69, 9.17) is 0 Å². The molecule has 5 heteroatoms. The summed E-state index contributed by atoms with van der Waals surface area (Å²) in [5.74, 6) is -0.148. The summed E-state index contributed by atoms with van der Waals surface area (Å²) in [6, 6.07) is 4.10. The predicted octanol–water partition coefficient (Wildman–Crippen LogP) is 3.75. The Morgan fingerprint density at radius 1 is 1.42 bits per heavy atom. The number of carbonyl (C=O) groups excluding carboxylic acids is 1. The van der Waals surface area contributed by atoms with Crippen LogP contribution in [0.4, 0.5) is 0 Å². The Hall–Kier alpha value is -1.46. The van der Waals surface area contributed by atoms with Gasteiger partial charge in [-0.15, -0.1) is 22.7 Å². The minimum Gasteiger partial charge on any atom is -0.267 e. The van der Waals surface area contributed by atoms with Gasteiger partial charge in [-0.3, -0.25) is 4.79 Å². The number of aryl methyl sites for hydroxylation is 2. The summed E-state index contributed by atoms with van der Waals surface area (Å²) >= 11 is 3.27. The molecule has 0 aliphatic rings. The maximum absolute atomic E-state index is 11.9. The van der Waals surface area contributed by atoms with E-state index >= 15 is 0 Å². The second-order valence-electron chi connectivity index (χ2n) is 4.19. The molecular formula is C14H16N2OS2. The molecule has 2 heterocycles. The highest BCUT2D eigenvalue weighted by molar-refractivity contribution is 7.13. The van der Waals surface area contributed by atoms with E-state index in [1.165, 1.54) is 9.75 Å². The van der Waals surface area contributed by atoms with Crippen molar-refractivity contribution in [1.82, 2.24) is 5.43 Å².